The predicted octanol–water partition coefficient (Wildman–Crippen LogP) is 3.96. The Morgan fingerprint density at radius 1 is 1.07 bits per heavy atom. The van der Waals surface area contributed by atoms with Gasteiger partial charge in [0.1, 0.15) is 17.9 Å². The first-order valence-electron chi connectivity index (χ1n) is 9.78. The molecule has 3 aromatic heterocycles. The Morgan fingerprint density at radius 2 is 1.97 bits per heavy atom. The Balaban J connectivity index is 1.48. The molecule has 0 bridgehead atoms. The number of para-hydroxylation sites is 1. The van der Waals surface area contributed by atoms with Gasteiger partial charge in [0.25, 0.3) is 0 Å². The number of rotatable bonds is 8. The van der Waals surface area contributed by atoms with Gasteiger partial charge in [-0.3, -0.25) is 0 Å². The zero-order chi connectivity index (χ0) is 20.1. The minimum Gasteiger partial charge on any atom is -0.496 e. The molecule has 0 aliphatic carbocycles. The van der Waals surface area contributed by atoms with Gasteiger partial charge < -0.3 is 10.1 Å². The molecule has 0 saturated heterocycles. The molecule has 0 unspecified atom stereocenters. The lowest BCUT2D eigenvalue weighted by molar-refractivity contribution is 0.410. The largest absolute Gasteiger partial charge is 0.496 e. The molecule has 0 saturated carbocycles. The SMILES string of the molecule is CCCn1ncc2cc(-c3cc(NCCc4ccccc4OC)ncn3)cnc21. The third-order valence-electron chi connectivity index (χ3n) is 4.77. The number of nitrogens with one attached hydrogen (secondary N) is 1. The smallest absolute Gasteiger partial charge is 0.157 e. The number of aryl methyl sites for hydroxylation is 1. The fourth-order valence-electron chi connectivity index (χ4n) is 3.33. The van der Waals surface area contributed by atoms with Gasteiger partial charge in [0.05, 0.1) is 19.0 Å². The molecule has 0 aliphatic heterocycles. The summed E-state index contributed by atoms with van der Waals surface area (Å²) in [6.07, 6.45) is 7.14. The predicted molar refractivity (Wildman–Crippen MR) is 114 cm³/mol. The van der Waals surface area contributed by atoms with Crippen molar-refractivity contribution in [3.05, 3.63) is 60.7 Å². The van der Waals surface area contributed by atoms with Gasteiger partial charge in [-0.05, 0) is 30.5 Å². The summed E-state index contributed by atoms with van der Waals surface area (Å²) in [5.74, 6) is 1.69. The molecule has 4 rings (SSSR count). The van der Waals surface area contributed by atoms with Crippen LogP contribution in [0, 0.1) is 0 Å². The Kier molecular flexibility index (Phi) is 5.65. The van der Waals surface area contributed by atoms with E-state index in [1.54, 1.807) is 13.4 Å². The first kappa shape index (κ1) is 18.9. The highest BCUT2D eigenvalue weighted by Crippen LogP contribution is 2.23. The number of hydrogen-bond donors (Lipinski definition) is 1. The van der Waals surface area contributed by atoms with Gasteiger partial charge in [-0.15, -0.1) is 0 Å². The Morgan fingerprint density at radius 3 is 2.83 bits per heavy atom. The average molecular weight is 388 g/mol. The van der Waals surface area contributed by atoms with Gasteiger partial charge in [-0.25, -0.2) is 19.6 Å². The standard InChI is InChI=1S/C22H24N6O/c1-3-10-28-22-18(14-27-28)11-17(13-24-22)19-12-21(26-15-25-19)23-9-8-16-6-4-5-7-20(16)29-2/h4-7,11-15H,3,8-10H2,1-2H3,(H,23,25,26). The van der Waals surface area contributed by atoms with Crippen molar-refractivity contribution in [2.45, 2.75) is 26.3 Å². The van der Waals surface area contributed by atoms with Crippen LogP contribution in [0.3, 0.4) is 0 Å². The van der Waals surface area contributed by atoms with E-state index >= 15 is 0 Å². The van der Waals surface area contributed by atoms with E-state index in [-0.39, 0.29) is 0 Å². The van der Waals surface area contributed by atoms with Gasteiger partial charge in [0.15, 0.2) is 5.65 Å². The molecule has 0 atom stereocenters. The van der Waals surface area contributed by atoms with Gasteiger partial charge in [-0.2, -0.15) is 5.10 Å². The minimum absolute atomic E-state index is 0.748. The van der Waals surface area contributed by atoms with E-state index in [1.165, 1.54) is 0 Å². The highest BCUT2D eigenvalue weighted by molar-refractivity contribution is 5.80. The molecule has 7 nitrogen and oxygen atoms in total. The molecule has 0 aliphatic rings. The van der Waals surface area contributed by atoms with Crippen LogP contribution in [0.4, 0.5) is 5.82 Å². The lowest BCUT2D eigenvalue weighted by Gasteiger charge is -2.10. The second kappa shape index (κ2) is 8.68. The highest BCUT2D eigenvalue weighted by atomic mass is 16.5. The van der Waals surface area contributed by atoms with Gasteiger partial charge in [0.2, 0.25) is 0 Å². The normalized spacial score (nSPS) is 11.0. The monoisotopic (exact) mass is 388 g/mol. The summed E-state index contributed by atoms with van der Waals surface area (Å²) in [6.45, 7) is 3.74. The van der Waals surface area contributed by atoms with E-state index in [0.717, 1.165) is 65.4 Å². The fraction of sp³-hybridized carbons (Fsp3) is 0.273. The number of ether oxygens (including phenoxy) is 1. The van der Waals surface area contributed by atoms with Gasteiger partial charge >= 0.3 is 0 Å². The fourth-order valence-corrected chi connectivity index (χ4v) is 3.33. The van der Waals surface area contributed by atoms with Gasteiger partial charge in [0, 0.05) is 36.3 Å². The van der Waals surface area contributed by atoms with Crippen molar-refractivity contribution in [3.8, 4) is 17.0 Å². The van der Waals surface area contributed by atoms with E-state index in [2.05, 4.69) is 44.4 Å². The summed E-state index contributed by atoms with van der Waals surface area (Å²) >= 11 is 0. The first-order valence-corrected chi connectivity index (χ1v) is 9.78. The molecule has 148 valence electrons. The maximum atomic E-state index is 5.41. The Bertz CT molecular complexity index is 1110. The molecule has 29 heavy (non-hydrogen) atoms. The van der Waals surface area contributed by atoms with Crippen molar-refractivity contribution in [1.82, 2.24) is 24.7 Å². The van der Waals surface area contributed by atoms with Crippen molar-refractivity contribution < 1.29 is 4.74 Å². The second-order valence-electron chi connectivity index (χ2n) is 6.78. The van der Waals surface area contributed by atoms with Crippen molar-refractivity contribution in [2.24, 2.45) is 0 Å². The van der Waals surface area contributed by atoms with Crippen LogP contribution in [0.1, 0.15) is 18.9 Å². The quantitative estimate of drug-likeness (QED) is 0.492. The topological polar surface area (TPSA) is 77.8 Å². The third kappa shape index (κ3) is 4.18. The maximum absolute atomic E-state index is 5.41. The van der Waals surface area contributed by atoms with Crippen LogP contribution < -0.4 is 10.1 Å². The summed E-state index contributed by atoms with van der Waals surface area (Å²) in [5, 5.41) is 8.80. The molecule has 7 heteroatoms. The summed E-state index contributed by atoms with van der Waals surface area (Å²) in [6, 6.07) is 12.1. The lowest BCUT2D eigenvalue weighted by atomic mass is 10.1. The van der Waals surface area contributed by atoms with Crippen LogP contribution in [0.2, 0.25) is 0 Å². The van der Waals surface area contributed by atoms with Crippen molar-refractivity contribution in [1.29, 1.82) is 0 Å². The summed E-state index contributed by atoms with van der Waals surface area (Å²) < 4.78 is 7.34. The number of nitrogens with zero attached hydrogens (tertiary/aromatic N) is 5. The second-order valence-corrected chi connectivity index (χ2v) is 6.78. The van der Waals surface area contributed by atoms with E-state index in [4.69, 9.17) is 4.74 Å². The Labute approximate surface area is 169 Å². The lowest BCUT2D eigenvalue weighted by Crippen LogP contribution is -2.07. The van der Waals surface area contributed by atoms with E-state index in [0.29, 0.717) is 0 Å². The molecule has 0 fully saturated rings. The van der Waals surface area contributed by atoms with Gasteiger partial charge in [-0.1, -0.05) is 25.1 Å². The zero-order valence-corrected chi connectivity index (χ0v) is 16.7. The van der Waals surface area contributed by atoms with Crippen molar-refractivity contribution in [3.63, 3.8) is 0 Å². The summed E-state index contributed by atoms with van der Waals surface area (Å²) in [7, 11) is 1.69. The summed E-state index contributed by atoms with van der Waals surface area (Å²) in [5.41, 5.74) is 3.84. The molecule has 4 aromatic rings. The van der Waals surface area contributed by atoms with Crippen LogP contribution in [0.25, 0.3) is 22.3 Å². The number of hydrogen-bond acceptors (Lipinski definition) is 6. The number of benzene rings is 1. The van der Waals surface area contributed by atoms with E-state index in [9.17, 15) is 0 Å². The molecule has 0 spiro atoms. The molecule has 3 heterocycles. The zero-order valence-electron chi connectivity index (χ0n) is 16.7. The summed E-state index contributed by atoms with van der Waals surface area (Å²) in [4.78, 5) is 13.3. The third-order valence-corrected chi connectivity index (χ3v) is 4.77. The van der Waals surface area contributed by atoms with Crippen molar-refractivity contribution in [2.75, 3.05) is 19.0 Å². The van der Waals surface area contributed by atoms with Crippen LogP contribution in [-0.4, -0.2) is 38.4 Å². The van der Waals surface area contributed by atoms with Crippen LogP contribution in [0.15, 0.2) is 55.1 Å². The molecule has 0 amide bonds. The number of anilines is 1. The van der Waals surface area contributed by atoms with Crippen LogP contribution >= 0.6 is 0 Å². The number of methoxy groups -OCH3 is 1. The Hall–Kier alpha value is -3.48. The number of fused-ring (bicyclic) bond motifs is 1. The maximum Gasteiger partial charge on any atom is 0.157 e. The number of aromatic nitrogens is 5. The van der Waals surface area contributed by atoms with Crippen molar-refractivity contribution >= 4 is 16.9 Å². The number of pyridine rings is 1. The first-order chi connectivity index (χ1) is 14.3. The van der Waals surface area contributed by atoms with E-state index in [1.807, 2.05) is 41.3 Å². The molecule has 1 N–H and O–H groups in total. The van der Waals surface area contributed by atoms with Crippen LogP contribution in [0.5, 0.6) is 5.75 Å². The van der Waals surface area contributed by atoms with Crippen LogP contribution in [-0.2, 0) is 13.0 Å². The minimum atomic E-state index is 0.748. The molecular weight excluding hydrogens is 364 g/mol. The molecule has 1 aromatic carbocycles. The molecular formula is C22H24N6O. The molecule has 0 radical (unpaired) electrons. The van der Waals surface area contributed by atoms with E-state index < -0.39 is 0 Å². The highest BCUT2D eigenvalue weighted by Gasteiger charge is 2.08. The average Bonchev–Trinajstić information content (AvgIpc) is 3.17.